The van der Waals surface area contributed by atoms with E-state index >= 15 is 0 Å². The topological polar surface area (TPSA) is 76.2 Å². The number of anilines is 3. The van der Waals surface area contributed by atoms with Crippen LogP contribution in [0.15, 0.2) is 24.3 Å². The van der Waals surface area contributed by atoms with Gasteiger partial charge in [0.25, 0.3) is 0 Å². The van der Waals surface area contributed by atoms with E-state index in [0.717, 1.165) is 42.0 Å². The molecule has 0 aliphatic carbocycles. The fourth-order valence-electron chi connectivity index (χ4n) is 2.98. The molecule has 2 aromatic rings. The van der Waals surface area contributed by atoms with Crippen molar-refractivity contribution in [2.24, 2.45) is 7.05 Å². The lowest BCUT2D eigenvalue weighted by Gasteiger charge is -2.31. The van der Waals surface area contributed by atoms with E-state index in [9.17, 15) is 4.79 Å². The van der Waals surface area contributed by atoms with Crippen molar-refractivity contribution in [1.29, 1.82) is 0 Å². The van der Waals surface area contributed by atoms with Gasteiger partial charge in [0.05, 0.1) is 12.2 Å². The molecule has 8 heteroatoms. The number of hydrogen-bond acceptors (Lipinski definition) is 4. The van der Waals surface area contributed by atoms with Gasteiger partial charge < -0.3 is 16.0 Å². The average molecular weight is 372 g/mol. The van der Waals surface area contributed by atoms with Gasteiger partial charge >= 0.3 is 0 Å². The molecule has 1 aromatic heterocycles. The summed E-state index contributed by atoms with van der Waals surface area (Å²) in [6.45, 7) is 3.09. The molecule has 1 aliphatic rings. The Hall–Kier alpha value is -1.92. The van der Waals surface area contributed by atoms with E-state index in [1.54, 1.807) is 4.68 Å². The van der Waals surface area contributed by atoms with E-state index in [2.05, 4.69) is 15.3 Å². The molecule has 3 N–H and O–H groups in total. The van der Waals surface area contributed by atoms with Gasteiger partial charge in [0.15, 0.2) is 0 Å². The van der Waals surface area contributed by atoms with E-state index in [-0.39, 0.29) is 30.7 Å². The molecule has 6 nitrogen and oxygen atoms in total. The Kier molecular flexibility index (Phi) is 6.93. The van der Waals surface area contributed by atoms with Crippen LogP contribution in [0, 0.1) is 6.92 Å². The van der Waals surface area contributed by atoms with Crippen molar-refractivity contribution in [3.8, 4) is 0 Å². The summed E-state index contributed by atoms with van der Waals surface area (Å²) in [6.07, 6.45) is 1.99. The highest BCUT2D eigenvalue weighted by atomic mass is 35.5. The molecule has 0 bridgehead atoms. The quantitative estimate of drug-likeness (QED) is 0.812. The molecule has 24 heavy (non-hydrogen) atoms. The van der Waals surface area contributed by atoms with E-state index in [1.807, 2.05) is 38.2 Å². The summed E-state index contributed by atoms with van der Waals surface area (Å²) in [5.41, 5.74) is 9.96. The number of carbonyl (C=O) groups excluding carboxylic acids is 1. The monoisotopic (exact) mass is 371 g/mol. The molecule has 0 fully saturated rings. The van der Waals surface area contributed by atoms with Crippen molar-refractivity contribution in [3.63, 3.8) is 0 Å². The fourth-order valence-corrected chi connectivity index (χ4v) is 2.98. The van der Waals surface area contributed by atoms with Crippen LogP contribution >= 0.6 is 24.8 Å². The highest BCUT2D eigenvalue weighted by molar-refractivity contribution is 5.93. The molecule has 1 amide bonds. The number of nitrogen functional groups attached to an aromatic ring is 1. The first-order chi connectivity index (χ1) is 10.5. The minimum absolute atomic E-state index is 0. The Morgan fingerprint density at radius 1 is 1.38 bits per heavy atom. The van der Waals surface area contributed by atoms with E-state index in [4.69, 9.17) is 5.73 Å². The molecule has 2 heterocycles. The number of nitrogens with zero attached hydrogens (tertiary/aromatic N) is 3. The number of fused-ring (bicyclic) bond motifs is 1. The second-order valence-corrected chi connectivity index (χ2v) is 5.71. The molecule has 132 valence electrons. The van der Waals surface area contributed by atoms with Crippen LogP contribution in [0.2, 0.25) is 0 Å². The highest BCUT2D eigenvalue weighted by Crippen LogP contribution is 2.30. The number of aromatic nitrogens is 2. The van der Waals surface area contributed by atoms with E-state index in [1.165, 1.54) is 0 Å². The Balaban J connectivity index is 0.00000144. The molecule has 0 spiro atoms. The van der Waals surface area contributed by atoms with Crippen LogP contribution in [0.25, 0.3) is 0 Å². The number of carbonyl (C=O) groups is 1. The number of rotatable bonds is 3. The predicted octanol–water partition coefficient (Wildman–Crippen LogP) is 2.55. The zero-order valence-corrected chi connectivity index (χ0v) is 15.4. The zero-order valence-electron chi connectivity index (χ0n) is 13.8. The van der Waals surface area contributed by atoms with Crippen LogP contribution in [0.3, 0.4) is 0 Å². The lowest BCUT2D eigenvalue weighted by atomic mass is 10.00. The van der Waals surface area contributed by atoms with Crippen molar-refractivity contribution in [2.75, 3.05) is 29.0 Å². The number of aryl methyl sites for hydroxylation is 2. The summed E-state index contributed by atoms with van der Waals surface area (Å²) in [5, 5.41) is 7.14. The second kappa shape index (κ2) is 8.26. The van der Waals surface area contributed by atoms with Gasteiger partial charge in [-0.25, -0.2) is 0 Å². The maximum atomic E-state index is 12.3. The molecule has 0 radical (unpaired) electrons. The van der Waals surface area contributed by atoms with Gasteiger partial charge in [-0.1, -0.05) is 6.07 Å². The molecule has 1 aliphatic heterocycles. The van der Waals surface area contributed by atoms with E-state index < -0.39 is 0 Å². The van der Waals surface area contributed by atoms with Crippen molar-refractivity contribution in [1.82, 2.24) is 9.78 Å². The van der Waals surface area contributed by atoms with Gasteiger partial charge in [0, 0.05) is 31.0 Å². The summed E-state index contributed by atoms with van der Waals surface area (Å²) >= 11 is 0. The number of nitrogens with two attached hydrogens (primary N) is 1. The third kappa shape index (κ3) is 4.13. The lowest BCUT2D eigenvalue weighted by Crippen LogP contribution is -2.37. The molecule has 0 saturated carbocycles. The number of nitrogens with one attached hydrogen (secondary N) is 1. The van der Waals surface area contributed by atoms with Gasteiger partial charge in [0.2, 0.25) is 5.91 Å². The maximum Gasteiger partial charge on any atom is 0.245 e. The van der Waals surface area contributed by atoms with Crippen molar-refractivity contribution in [3.05, 3.63) is 35.5 Å². The summed E-state index contributed by atoms with van der Waals surface area (Å²) in [4.78, 5) is 14.4. The molecule has 0 saturated heterocycles. The number of benzene rings is 1. The Morgan fingerprint density at radius 2 is 2.12 bits per heavy atom. The smallest absolute Gasteiger partial charge is 0.245 e. The Labute approximate surface area is 154 Å². The third-order valence-corrected chi connectivity index (χ3v) is 3.99. The van der Waals surface area contributed by atoms with Gasteiger partial charge in [-0.15, -0.1) is 24.8 Å². The summed E-state index contributed by atoms with van der Waals surface area (Å²) in [7, 11) is 1.82. The lowest BCUT2D eigenvalue weighted by molar-refractivity contribution is -0.115. The predicted molar refractivity (Wildman–Crippen MR) is 102 cm³/mol. The van der Waals surface area contributed by atoms with E-state index in [0.29, 0.717) is 12.4 Å². The summed E-state index contributed by atoms with van der Waals surface area (Å²) in [5.74, 6) is 0.672. The zero-order chi connectivity index (χ0) is 15.7. The second-order valence-electron chi connectivity index (χ2n) is 5.71. The standard InChI is InChI=1S/C16H21N5O.2ClH/c1-11-9-15(20(2)19-11)18-16(22)10-21-8-4-5-12-13(17)6-3-7-14(12)21;;/h3,6-7,9H,4-5,8,10,17H2,1-2H3,(H,18,22);2*1H. The van der Waals surface area contributed by atoms with Crippen LogP contribution in [-0.2, 0) is 18.3 Å². The number of amides is 1. The van der Waals surface area contributed by atoms with Gasteiger partial charge in [-0.2, -0.15) is 5.10 Å². The fraction of sp³-hybridized carbons (Fsp3) is 0.375. The van der Waals surface area contributed by atoms with Crippen molar-refractivity contribution in [2.45, 2.75) is 19.8 Å². The number of halogens is 2. The molecule has 1 aromatic carbocycles. The van der Waals surface area contributed by atoms with Crippen LogP contribution in [0.5, 0.6) is 0 Å². The minimum Gasteiger partial charge on any atom is -0.398 e. The van der Waals surface area contributed by atoms with Crippen molar-refractivity contribution >= 4 is 47.9 Å². The first kappa shape index (κ1) is 20.1. The molecule has 0 atom stereocenters. The summed E-state index contributed by atoms with van der Waals surface area (Å²) in [6, 6.07) is 7.75. The number of hydrogen-bond donors (Lipinski definition) is 2. The minimum atomic E-state index is -0.0433. The Bertz CT molecular complexity index is 716. The molecular formula is C16H23Cl2N5O. The largest absolute Gasteiger partial charge is 0.398 e. The normalized spacial score (nSPS) is 12.7. The first-order valence-corrected chi connectivity index (χ1v) is 7.47. The van der Waals surface area contributed by atoms with Gasteiger partial charge in [-0.3, -0.25) is 9.48 Å². The maximum absolute atomic E-state index is 12.3. The van der Waals surface area contributed by atoms with Gasteiger partial charge in [-0.05, 0) is 37.5 Å². The average Bonchev–Trinajstić information content (AvgIpc) is 2.78. The Morgan fingerprint density at radius 3 is 2.79 bits per heavy atom. The molecular weight excluding hydrogens is 349 g/mol. The van der Waals surface area contributed by atoms with Crippen molar-refractivity contribution < 1.29 is 4.79 Å². The summed E-state index contributed by atoms with van der Waals surface area (Å²) < 4.78 is 1.68. The molecule has 3 rings (SSSR count). The van der Waals surface area contributed by atoms with Crippen LogP contribution in [0.4, 0.5) is 17.2 Å². The van der Waals surface area contributed by atoms with Crippen LogP contribution in [0.1, 0.15) is 17.7 Å². The first-order valence-electron chi connectivity index (χ1n) is 7.47. The third-order valence-electron chi connectivity index (χ3n) is 3.99. The SMILES string of the molecule is Cc1cc(NC(=O)CN2CCCc3c(N)cccc32)n(C)n1.Cl.Cl. The van der Waals surface area contributed by atoms with Crippen LogP contribution < -0.4 is 16.0 Å². The van der Waals surface area contributed by atoms with Gasteiger partial charge in [0.1, 0.15) is 5.82 Å². The highest BCUT2D eigenvalue weighted by Gasteiger charge is 2.20. The van der Waals surface area contributed by atoms with Crippen LogP contribution in [-0.4, -0.2) is 28.8 Å². The molecule has 0 unspecified atom stereocenters.